The van der Waals surface area contributed by atoms with Crippen LogP contribution in [0.15, 0.2) is 53.0 Å². The minimum atomic E-state index is -0.396. The van der Waals surface area contributed by atoms with Crippen molar-refractivity contribution < 1.29 is 4.79 Å². The molecule has 20 heavy (non-hydrogen) atoms. The van der Waals surface area contributed by atoms with E-state index in [9.17, 15) is 4.79 Å². The molecule has 0 saturated heterocycles. The quantitative estimate of drug-likeness (QED) is 0.881. The lowest BCUT2D eigenvalue weighted by Crippen LogP contribution is -2.18. The molecule has 4 heteroatoms. The Hall–Kier alpha value is -1.65. The molecule has 0 saturated carbocycles. The second kappa shape index (κ2) is 6.68. The fourth-order valence-electron chi connectivity index (χ4n) is 1.95. The van der Waals surface area contributed by atoms with E-state index in [1.807, 2.05) is 24.3 Å². The summed E-state index contributed by atoms with van der Waals surface area (Å²) in [4.78, 5) is 11.0. The highest BCUT2D eigenvalue weighted by molar-refractivity contribution is 9.10. The van der Waals surface area contributed by atoms with Gasteiger partial charge >= 0.3 is 0 Å². The molecule has 3 N–H and O–H groups in total. The molecule has 0 radical (unpaired) electrons. The minimum absolute atomic E-state index is 0.253. The second-order valence-corrected chi connectivity index (χ2v) is 5.63. The summed E-state index contributed by atoms with van der Waals surface area (Å²) in [5, 5.41) is 3.45. The fraction of sp³-hybridized carbons (Fsp3) is 0.188. The highest BCUT2D eigenvalue weighted by atomic mass is 79.9. The average molecular weight is 333 g/mol. The summed E-state index contributed by atoms with van der Waals surface area (Å²) in [6, 6.07) is 15.8. The van der Waals surface area contributed by atoms with E-state index in [0.717, 1.165) is 16.6 Å². The Kier molecular flexibility index (Phi) is 4.93. The summed E-state index contributed by atoms with van der Waals surface area (Å²) in [7, 11) is 0. The smallest absolute Gasteiger partial charge is 0.248 e. The summed E-state index contributed by atoms with van der Waals surface area (Å²) in [6.07, 6.45) is 0. The van der Waals surface area contributed by atoms with Crippen molar-refractivity contribution in [3.63, 3.8) is 0 Å². The van der Waals surface area contributed by atoms with E-state index in [2.05, 4.69) is 40.3 Å². The van der Waals surface area contributed by atoms with Gasteiger partial charge in [-0.3, -0.25) is 4.79 Å². The molecule has 0 aromatic heterocycles. The lowest BCUT2D eigenvalue weighted by molar-refractivity contribution is 0.100. The number of nitrogens with two attached hydrogens (primary N) is 1. The zero-order valence-corrected chi connectivity index (χ0v) is 12.9. The SMILES string of the molecule is CC(NCc1ccc(C(N)=O)cc1)c1cccc(Br)c1. The monoisotopic (exact) mass is 332 g/mol. The van der Waals surface area contributed by atoms with Crippen molar-refractivity contribution in [1.82, 2.24) is 5.32 Å². The third kappa shape index (κ3) is 3.92. The van der Waals surface area contributed by atoms with Crippen LogP contribution in [0.2, 0.25) is 0 Å². The molecule has 0 aliphatic rings. The van der Waals surface area contributed by atoms with Crippen molar-refractivity contribution in [3.05, 3.63) is 69.7 Å². The number of benzene rings is 2. The Morgan fingerprint density at radius 3 is 2.55 bits per heavy atom. The number of carbonyl (C=O) groups is 1. The summed E-state index contributed by atoms with van der Waals surface area (Å²) < 4.78 is 1.08. The van der Waals surface area contributed by atoms with Crippen LogP contribution in [0.4, 0.5) is 0 Å². The number of rotatable bonds is 5. The first-order valence-corrected chi connectivity index (χ1v) is 7.23. The van der Waals surface area contributed by atoms with E-state index in [4.69, 9.17) is 5.73 Å². The Bertz CT molecular complexity index is 596. The molecule has 0 fully saturated rings. The largest absolute Gasteiger partial charge is 0.366 e. The van der Waals surface area contributed by atoms with Crippen LogP contribution in [0.3, 0.4) is 0 Å². The third-order valence-corrected chi connectivity index (χ3v) is 3.69. The first kappa shape index (κ1) is 14.8. The molecule has 0 bridgehead atoms. The summed E-state index contributed by atoms with van der Waals surface area (Å²) >= 11 is 3.48. The maximum atomic E-state index is 11.0. The van der Waals surface area contributed by atoms with Gasteiger partial charge in [0.15, 0.2) is 0 Å². The van der Waals surface area contributed by atoms with Crippen LogP contribution >= 0.6 is 15.9 Å². The molecule has 0 spiro atoms. The molecule has 1 atom stereocenters. The van der Waals surface area contributed by atoms with Crippen LogP contribution in [-0.4, -0.2) is 5.91 Å². The van der Waals surface area contributed by atoms with Gasteiger partial charge in [0, 0.05) is 22.6 Å². The Morgan fingerprint density at radius 2 is 1.95 bits per heavy atom. The summed E-state index contributed by atoms with van der Waals surface area (Å²) in [6.45, 7) is 2.87. The van der Waals surface area contributed by atoms with Gasteiger partial charge in [0.05, 0.1) is 0 Å². The predicted molar refractivity (Wildman–Crippen MR) is 84.4 cm³/mol. The number of primary amides is 1. The van der Waals surface area contributed by atoms with Crippen LogP contribution in [0.5, 0.6) is 0 Å². The van der Waals surface area contributed by atoms with Crippen LogP contribution in [0, 0.1) is 0 Å². The van der Waals surface area contributed by atoms with Crippen molar-refractivity contribution in [2.24, 2.45) is 5.73 Å². The molecule has 3 nitrogen and oxygen atoms in total. The molecule has 2 aromatic carbocycles. The number of carbonyl (C=O) groups excluding carboxylic acids is 1. The molecule has 2 rings (SSSR count). The van der Waals surface area contributed by atoms with Gasteiger partial charge in [-0.25, -0.2) is 0 Å². The molecule has 2 aromatic rings. The van der Waals surface area contributed by atoms with Gasteiger partial charge in [-0.1, -0.05) is 40.2 Å². The Balaban J connectivity index is 1.96. The van der Waals surface area contributed by atoms with E-state index in [0.29, 0.717) is 5.56 Å². The van der Waals surface area contributed by atoms with Crippen molar-refractivity contribution in [2.45, 2.75) is 19.5 Å². The number of hydrogen-bond acceptors (Lipinski definition) is 2. The summed E-state index contributed by atoms with van der Waals surface area (Å²) in [5.41, 5.74) is 8.10. The highest BCUT2D eigenvalue weighted by Crippen LogP contribution is 2.18. The number of amides is 1. The maximum Gasteiger partial charge on any atom is 0.248 e. The van der Waals surface area contributed by atoms with E-state index in [1.165, 1.54) is 5.56 Å². The lowest BCUT2D eigenvalue weighted by Gasteiger charge is -2.14. The lowest BCUT2D eigenvalue weighted by atomic mass is 10.1. The molecule has 0 aliphatic heterocycles. The Morgan fingerprint density at radius 1 is 1.25 bits per heavy atom. The van der Waals surface area contributed by atoms with Crippen LogP contribution in [0.25, 0.3) is 0 Å². The maximum absolute atomic E-state index is 11.0. The van der Waals surface area contributed by atoms with Gasteiger partial charge in [0.2, 0.25) is 5.91 Å². The zero-order chi connectivity index (χ0) is 14.5. The normalized spacial score (nSPS) is 12.1. The number of nitrogens with one attached hydrogen (secondary N) is 1. The van der Waals surface area contributed by atoms with E-state index in [-0.39, 0.29) is 6.04 Å². The zero-order valence-electron chi connectivity index (χ0n) is 11.3. The molecule has 0 heterocycles. The van der Waals surface area contributed by atoms with E-state index in [1.54, 1.807) is 12.1 Å². The first-order chi connectivity index (χ1) is 9.56. The van der Waals surface area contributed by atoms with Crippen molar-refractivity contribution in [3.8, 4) is 0 Å². The first-order valence-electron chi connectivity index (χ1n) is 6.44. The second-order valence-electron chi connectivity index (χ2n) is 4.72. The molecule has 1 amide bonds. The van der Waals surface area contributed by atoms with Crippen molar-refractivity contribution >= 4 is 21.8 Å². The van der Waals surface area contributed by atoms with Gasteiger partial charge in [-0.2, -0.15) is 0 Å². The highest BCUT2D eigenvalue weighted by Gasteiger charge is 2.05. The van der Waals surface area contributed by atoms with E-state index >= 15 is 0 Å². The molecular formula is C16H17BrN2O. The van der Waals surface area contributed by atoms with E-state index < -0.39 is 5.91 Å². The topological polar surface area (TPSA) is 55.1 Å². The molecule has 0 aliphatic carbocycles. The van der Waals surface area contributed by atoms with Gasteiger partial charge in [-0.05, 0) is 42.3 Å². The van der Waals surface area contributed by atoms with Crippen LogP contribution in [0.1, 0.15) is 34.5 Å². The number of hydrogen-bond donors (Lipinski definition) is 2. The third-order valence-electron chi connectivity index (χ3n) is 3.20. The molecular weight excluding hydrogens is 316 g/mol. The van der Waals surface area contributed by atoms with Crippen molar-refractivity contribution in [1.29, 1.82) is 0 Å². The van der Waals surface area contributed by atoms with Crippen LogP contribution < -0.4 is 11.1 Å². The number of halogens is 1. The summed E-state index contributed by atoms with van der Waals surface area (Å²) in [5.74, 6) is -0.396. The van der Waals surface area contributed by atoms with Gasteiger partial charge in [0.1, 0.15) is 0 Å². The van der Waals surface area contributed by atoms with Gasteiger partial charge < -0.3 is 11.1 Å². The van der Waals surface area contributed by atoms with Crippen LogP contribution in [-0.2, 0) is 6.54 Å². The van der Waals surface area contributed by atoms with Crippen molar-refractivity contribution in [2.75, 3.05) is 0 Å². The minimum Gasteiger partial charge on any atom is -0.366 e. The van der Waals surface area contributed by atoms with Gasteiger partial charge in [0.25, 0.3) is 0 Å². The Labute approximate surface area is 127 Å². The molecule has 104 valence electrons. The fourth-order valence-corrected chi connectivity index (χ4v) is 2.37. The predicted octanol–water partition coefficient (Wildman–Crippen LogP) is 3.40. The van der Waals surface area contributed by atoms with Gasteiger partial charge in [-0.15, -0.1) is 0 Å². The standard InChI is InChI=1S/C16H17BrN2O/c1-11(14-3-2-4-15(17)9-14)19-10-12-5-7-13(8-6-12)16(18)20/h2-9,11,19H,10H2,1H3,(H2,18,20). The molecule has 1 unspecified atom stereocenters. The average Bonchev–Trinajstić information content (AvgIpc) is 2.45.